The number of amides is 1. The Labute approximate surface area is 166 Å². The van der Waals surface area contributed by atoms with E-state index in [9.17, 15) is 4.79 Å². The van der Waals surface area contributed by atoms with Gasteiger partial charge in [-0.15, -0.1) is 24.8 Å². The van der Waals surface area contributed by atoms with Gasteiger partial charge in [0.05, 0.1) is 6.20 Å². The average molecular weight is 399 g/mol. The van der Waals surface area contributed by atoms with Crippen LogP contribution in [0.3, 0.4) is 0 Å². The Morgan fingerprint density at radius 2 is 1.85 bits per heavy atom. The molecule has 0 aliphatic carbocycles. The highest BCUT2D eigenvalue weighted by molar-refractivity contribution is 5.94. The fourth-order valence-corrected chi connectivity index (χ4v) is 2.58. The quantitative estimate of drug-likeness (QED) is 0.781. The third kappa shape index (κ3) is 6.80. The Morgan fingerprint density at radius 1 is 1.12 bits per heavy atom. The molecule has 142 valence electrons. The number of carbonyl (C=O) groups is 1. The molecule has 1 saturated heterocycles. The van der Waals surface area contributed by atoms with Gasteiger partial charge in [0, 0.05) is 51.0 Å². The number of rotatable bonds is 6. The van der Waals surface area contributed by atoms with Crippen LogP contribution < -0.4 is 15.4 Å². The number of halogens is 2. The van der Waals surface area contributed by atoms with Crippen LogP contribution in [0.1, 0.15) is 10.4 Å². The van der Waals surface area contributed by atoms with Crippen LogP contribution in [0.2, 0.25) is 0 Å². The maximum absolute atomic E-state index is 12.2. The third-order valence-electron chi connectivity index (χ3n) is 3.91. The van der Waals surface area contributed by atoms with Crippen molar-refractivity contribution in [3.63, 3.8) is 0 Å². The number of hydrogen-bond acceptors (Lipinski definition) is 5. The van der Waals surface area contributed by atoms with Crippen molar-refractivity contribution >= 4 is 30.7 Å². The highest BCUT2D eigenvalue weighted by Gasteiger charge is 2.10. The minimum atomic E-state index is -0.0573. The summed E-state index contributed by atoms with van der Waals surface area (Å²) in [4.78, 5) is 18.5. The Morgan fingerprint density at radius 3 is 2.50 bits per heavy atom. The first-order chi connectivity index (χ1) is 11.8. The molecule has 0 bridgehead atoms. The molecule has 2 N–H and O–H groups in total. The maximum Gasteiger partial charge on any atom is 0.251 e. The van der Waals surface area contributed by atoms with Gasteiger partial charge in [-0.2, -0.15) is 0 Å². The van der Waals surface area contributed by atoms with Gasteiger partial charge in [0.1, 0.15) is 11.5 Å². The molecule has 1 fully saturated rings. The van der Waals surface area contributed by atoms with Gasteiger partial charge < -0.3 is 15.4 Å². The average Bonchev–Trinajstić information content (AvgIpc) is 2.64. The Kier molecular flexibility index (Phi) is 9.98. The standard InChI is InChI=1S/C18H22N4O2.2ClH/c23-18(21-10-13-22-11-8-19-9-12-22)15-3-5-16(6-4-15)24-17-2-1-7-20-14-17;;/h1-7,14,19H,8-13H2,(H,21,23);2*1H. The summed E-state index contributed by atoms with van der Waals surface area (Å²) in [6.07, 6.45) is 3.34. The molecule has 6 nitrogen and oxygen atoms in total. The smallest absolute Gasteiger partial charge is 0.251 e. The fourth-order valence-electron chi connectivity index (χ4n) is 2.58. The first kappa shape index (κ1) is 22.2. The van der Waals surface area contributed by atoms with Crippen LogP contribution in [0.4, 0.5) is 0 Å². The summed E-state index contributed by atoms with van der Waals surface area (Å²) in [6, 6.07) is 10.8. The van der Waals surface area contributed by atoms with E-state index in [1.807, 2.05) is 12.1 Å². The molecule has 0 unspecified atom stereocenters. The van der Waals surface area contributed by atoms with Crippen LogP contribution in [-0.4, -0.2) is 55.1 Å². The third-order valence-corrected chi connectivity index (χ3v) is 3.91. The summed E-state index contributed by atoms with van der Waals surface area (Å²) < 4.78 is 5.67. The topological polar surface area (TPSA) is 66.5 Å². The first-order valence-electron chi connectivity index (χ1n) is 8.20. The molecule has 0 radical (unpaired) electrons. The number of nitrogens with one attached hydrogen (secondary N) is 2. The SMILES string of the molecule is Cl.Cl.O=C(NCCN1CCNCC1)c1ccc(Oc2cccnc2)cc1. The lowest BCUT2D eigenvalue weighted by Crippen LogP contribution is -2.46. The predicted molar refractivity (Wildman–Crippen MR) is 107 cm³/mol. The number of aromatic nitrogens is 1. The molecule has 0 saturated carbocycles. The number of carbonyl (C=O) groups excluding carboxylic acids is 1. The van der Waals surface area contributed by atoms with Gasteiger partial charge in [-0.1, -0.05) is 0 Å². The molecule has 3 rings (SSSR count). The Bertz CT molecular complexity index is 650. The molecule has 8 heteroatoms. The van der Waals surface area contributed by atoms with Gasteiger partial charge in [0.2, 0.25) is 0 Å². The normalized spacial score (nSPS) is 13.8. The molecule has 1 aliphatic rings. The number of hydrogen-bond donors (Lipinski definition) is 2. The van der Waals surface area contributed by atoms with Gasteiger partial charge in [0.25, 0.3) is 5.91 Å². The van der Waals surface area contributed by atoms with Crippen molar-refractivity contribution in [2.75, 3.05) is 39.3 Å². The van der Waals surface area contributed by atoms with Crippen LogP contribution >= 0.6 is 24.8 Å². The lowest BCUT2D eigenvalue weighted by molar-refractivity contribution is 0.0947. The van der Waals surface area contributed by atoms with Crippen molar-refractivity contribution in [3.05, 3.63) is 54.4 Å². The van der Waals surface area contributed by atoms with Crippen molar-refractivity contribution in [2.45, 2.75) is 0 Å². The van der Waals surface area contributed by atoms with Gasteiger partial charge in [-0.05, 0) is 36.4 Å². The van der Waals surface area contributed by atoms with Crippen molar-refractivity contribution < 1.29 is 9.53 Å². The summed E-state index contributed by atoms with van der Waals surface area (Å²) in [5, 5.41) is 6.28. The van der Waals surface area contributed by atoms with E-state index < -0.39 is 0 Å². The number of nitrogens with zero attached hydrogens (tertiary/aromatic N) is 2. The van der Waals surface area contributed by atoms with E-state index in [4.69, 9.17) is 4.74 Å². The minimum Gasteiger partial charge on any atom is -0.456 e. The van der Waals surface area contributed by atoms with E-state index in [1.165, 1.54) is 0 Å². The largest absolute Gasteiger partial charge is 0.456 e. The van der Waals surface area contributed by atoms with E-state index in [-0.39, 0.29) is 30.7 Å². The first-order valence-corrected chi connectivity index (χ1v) is 8.20. The van der Waals surface area contributed by atoms with Crippen molar-refractivity contribution in [1.29, 1.82) is 0 Å². The number of piperazine rings is 1. The second-order valence-corrected chi connectivity index (χ2v) is 5.66. The molecule has 2 aromatic rings. The van der Waals surface area contributed by atoms with Gasteiger partial charge >= 0.3 is 0 Å². The number of benzene rings is 1. The zero-order valence-electron chi connectivity index (χ0n) is 14.4. The second-order valence-electron chi connectivity index (χ2n) is 5.66. The zero-order valence-corrected chi connectivity index (χ0v) is 16.0. The maximum atomic E-state index is 12.2. The minimum absolute atomic E-state index is 0. The number of ether oxygens (including phenoxy) is 1. The van der Waals surface area contributed by atoms with Crippen LogP contribution in [0.5, 0.6) is 11.5 Å². The van der Waals surface area contributed by atoms with E-state index >= 15 is 0 Å². The zero-order chi connectivity index (χ0) is 16.6. The second kappa shape index (κ2) is 11.7. The number of pyridine rings is 1. The van der Waals surface area contributed by atoms with E-state index in [0.717, 1.165) is 32.7 Å². The predicted octanol–water partition coefficient (Wildman–Crippen LogP) is 2.35. The molecule has 26 heavy (non-hydrogen) atoms. The summed E-state index contributed by atoms with van der Waals surface area (Å²) in [7, 11) is 0. The lowest BCUT2D eigenvalue weighted by Gasteiger charge is -2.27. The van der Waals surface area contributed by atoms with Crippen LogP contribution in [-0.2, 0) is 0 Å². The molecular formula is C18H24Cl2N4O2. The molecule has 2 heterocycles. The fraction of sp³-hybridized carbons (Fsp3) is 0.333. The highest BCUT2D eigenvalue weighted by atomic mass is 35.5. The summed E-state index contributed by atoms with van der Waals surface area (Å²) in [5.74, 6) is 1.30. The van der Waals surface area contributed by atoms with E-state index in [0.29, 0.717) is 23.6 Å². The van der Waals surface area contributed by atoms with Gasteiger partial charge in [-0.25, -0.2) is 0 Å². The molecular weight excluding hydrogens is 375 g/mol. The van der Waals surface area contributed by atoms with E-state index in [1.54, 1.807) is 36.7 Å². The van der Waals surface area contributed by atoms with Gasteiger partial charge in [-0.3, -0.25) is 14.7 Å². The van der Waals surface area contributed by atoms with Crippen molar-refractivity contribution in [1.82, 2.24) is 20.5 Å². The Balaban J connectivity index is 0.00000169. The molecule has 1 amide bonds. The Hall–Kier alpha value is -1.86. The summed E-state index contributed by atoms with van der Waals surface area (Å²) in [6.45, 7) is 5.66. The van der Waals surface area contributed by atoms with Crippen molar-refractivity contribution in [3.8, 4) is 11.5 Å². The monoisotopic (exact) mass is 398 g/mol. The molecule has 0 spiro atoms. The van der Waals surface area contributed by atoms with Gasteiger partial charge in [0.15, 0.2) is 0 Å². The molecule has 1 aromatic carbocycles. The molecule has 0 atom stereocenters. The van der Waals surface area contributed by atoms with Crippen molar-refractivity contribution in [2.24, 2.45) is 0 Å². The summed E-state index contributed by atoms with van der Waals surface area (Å²) >= 11 is 0. The molecule has 1 aliphatic heterocycles. The van der Waals surface area contributed by atoms with Crippen LogP contribution in [0.15, 0.2) is 48.8 Å². The van der Waals surface area contributed by atoms with Crippen LogP contribution in [0, 0.1) is 0 Å². The van der Waals surface area contributed by atoms with E-state index in [2.05, 4.69) is 20.5 Å². The van der Waals surface area contributed by atoms with Crippen LogP contribution in [0.25, 0.3) is 0 Å². The lowest BCUT2D eigenvalue weighted by atomic mass is 10.2. The summed E-state index contributed by atoms with van der Waals surface area (Å²) in [5.41, 5.74) is 0.633. The highest BCUT2D eigenvalue weighted by Crippen LogP contribution is 2.20. The molecule has 1 aromatic heterocycles.